The van der Waals surface area contributed by atoms with E-state index in [0.717, 1.165) is 24.3 Å². The summed E-state index contributed by atoms with van der Waals surface area (Å²) in [6, 6.07) is 10.6. The molecule has 1 heterocycles. The van der Waals surface area contributed by atoms with Gasteiger partial charge in [0.2, 0.25) is 15.9 Å². The van der Waals surface area contributed by atoms with Gasteiger partial charge in [-0.15, -0.1) is 0 Å². The van der Waals surface area contributed by atoms with Crippen LogP contribution in [0.5, 0.6) is 11.5 Å². The Balaban J connectivity index is 1.58. The van der Waals surface area contributed by atoms with Crippen molar-refractivity contribution in [3.05, 3.63) is 54.1 Å². The SMILES string of the molecule is O=C(NNC(=O)[C@@H]1COc2ccccc2O1)c1ccc(S(=O)(=O)C(F)F)cc1. The van der Waals surface area contributed by atoms with Gasteiger partial charge in [-0.1, -0.05) is 12.1 Å². The number of para-hydroxylation sites is 2. The number of alkyl halides is 2. The molecule has 0 radical (unpaired) electrons. The molecule has 2 aromatic rings. The summed E-state index contributed by atoms with van der Waals surface area (Å²) in [4.78, 5) is 23.5. The maximum atomic E-state index is 12.5. The fraction of sp³-hybridized carbons (Fsp3) is 0.176. The van der Waals surface area contributed by atoms with Gasteiger partial charge in [-0.25, -0.2) is 8.42 Å². The summed E-state index contributed by atoms with van der Waals surface area (Å²) in [5, 5.41) is 0. The number of amides is 2. The number of hydrazine groups is 1. The molecule has 2 amide bonds. The number of benzene rings is 2. The van der Waals surface area contributed by atoms with E-state index in [4.69, 9.17) is 9.47 Å². The first kappa shape index (κ1) is 19.5. The monoisotopic (exact) mass is 412 g/mol. The largest absolute Gasteiger partial charge is 0.485 e. The van der Waals surface area contributed by atoms with Crippen molar-refractivity contribution in [3.63, 3.8) is 0 Å². The van der Waals surface area contributed by atoms with Gasteiger partial charge in [-0.05, 0) is 36.4 Å². The van der Waals surface area contributed by atoms with Crippen LogP contribution in [-0.4, -0.2) is 38.7 Å². The molecule has 148 valence electrons. The quantitative estimate of drug-likeness (QED) is 0.732. The van der Waals surface area contributed by atoms with Gasteiger partial charge in [0.1, 0.15) is 6.61 Å². The van der Waals surface area contributed by atoms with Crippen LogP contribution < -0.4 is 20.3 Å². The van der Waals surface area contributed by atoms with Gasteiger partial charge in [0.05, 0.1) is 4.90 Å². The molecule has 8 nitrogen and oxygen atoms in total. The Morgan fingerprint density at radius 3 is 2.29 bits per heavy atom. The summed E-state index contributed by atoms with van der Waals surface area (Å²) in [6.45, 7) is -0.0566. The molecule has 1 atom stereocenters. The van der Waals surface area contributed by atoms with Crippen molar-refractivity contribution in [2.24, 2.45) is 0 Å². The van der Waals surface area contributed by atoms with Crippen molar-refractivity contribution < 1.29 is 36.3 Å². The highest BCUT2D eigenvalue weighted by atomic mass is 32.2. The molecule has 0 spiro atoms. The van der Waals surface area contributed by atoms with Crippen molar-refractivity contribution >= 4 is 21.7 Å². The maximum absolute atomic E-state index is 12.5. The third kappa shape index (κ3) is 4.03. The Hall–Kier alpha value is -3.21. The van der Waals surface area contributed by atoms with Crippen molar-refractivity contribution in [1.82, 2.24) is 10.9 Å². The van der Waals surface area contributed by atoms with Gasteiger partial charge in [0, 0.05) is 5.56 Å². The second-order valence-corrected chi connectivity index (χ2v) is 7.56. The van der Waals surface area contributed by atoms with Gasteiger partial charge < -0.3 is 9.47 Å². The zero-order valence-corrected chi connectivity index (χ0v) is 14.9. The lowest BCUT2D eigenvalue weighted by molar-refractivity contribution is -0.131. The highest BCUT2D eigenvalue weighted by Crippen LogP contribution is 2.30. The number of sulfone groups is 1. The van der Waals surface area contributed by atoms with Gasteiger partial charge in [0.15, 0.2) is 11.5 Å². The number of fused-ring (bicyclic) bond motifs is 1. The molecule has 2 aromatic carbocycles. The Kier molecular flexibility index (Phi) is 5.45. The summed E-state index contributed by atoms with van der Waals surface area (Å²) >= 11 is 0. The Bertz CT molecular complexity index is 995. The van der Waals surface area contributed by atoms with E-state index in [0.29, 0.717) is 11.5 Å². The van der Waals surface area contributed by atoms with E-state index in [2.05, 4.69) is 10.9 Å². The summed E-state index contributed by atoms with van der Waals surface area (Å²) in [5.41, 5.74) is 4.25. The lowest BCUT2D eigenvalue weighted by atomic mass is 10.2. The third-order valence-corrected chi connectivity index (χ3v) is 5.18. The predicted octanol–water partition coefficient (Wildman–Crippen LogP) is 1.28. The molecule has 0 aliphatic carbocycles. The van der Waals surface area contributed by atoms with Crippen LogP contribution in [0.15, 0.2) is 53.4 Å². The minimum absolute atomic E-state index is 0.0420. The van der Waals surface area contributed by atoms with E-state index < -0.39 is 38.4 Å². The van der Waals surface area contributed by atoms with Crippen LogP contribution in [-0.2, 0) is 14.6 Å². The number of carbonyl (C=O) groups is 2. The minimum atomic E-state index is -4.75. The standard InChI is InChI=1S/C17H14F2N2O6S/c18-17(19)28(24,25)11-7-5-10(6-8-11)15(22)20-21-16(23)14-9-26-12-3-1-2-4-13(12)27-14/h1-8,14,17H,9H2,(H,20,22)(H,21,23)/t14-/m0/s1. The fourth-order valence-corrected chi connectivity index (χ4v) is 3.04. The van der Waals surface area contributed by atoms with E-state index in [1.54, 1.807) is 24.3 Å². The summed E-state index contributed by atoms with van der Waals surface area (Å²) in [7, 11) is -4.75. The maximum Gasteiger partial charge on any atom is 0.341 e. The second kappa shape index (κ2) is 7.80. The topological polar surface area (TPSA) is 111 Å². The Morgan fingerprint density at radius 2 is 1.64 bits per heavy atom. The van der Waals surface area contributed by atoms with Crippen LogP contribution in [0.3, 0.4) is 0 Å². The van der Waals surface area contributed by atoms with Crippen molar-refractivity contribution in [3.8, 4) is 11.5 Å². The van der Waals surface area contributed by atoms with Crippen LogP contribution in [0.2, 0.25) is 0 Å². The molecule has 0 saturated heterocycles. The zero-order valence-electron chi connectivity index (χ0n) is 14.1. The summed E-state index contributed by atoms with van der Waals surface area (Å²) in [5.74, 6) is -4.12. The van der Waals surface area contributed by atoms with Gasteiger partial charge in [-0.3, -0.25) is 20.4 Å². The molecular weight excluding hydrogens is 398 g/mol. The lowest BCUT2D eigenvalue weighted by Crippen LogP contribution is -2.50. The second-order valence-electron chi connectivity index (χ2n) is 5.64. The van der Waals surface area contributed by atoms with E-state index in [-0.39, 0.29) is 12.2 Å². The van der Waals surface area contributed by atoms with Crippen LogP contribution in [0, 0.1) is 0 Å². The average molecular weight is 412 g/mol. The molecule has 3 rings (SSSR count). The number of ether oxygens (including phenoxy) is 2. The first-order valence-corrected chi connectivity index (χ1v) is 9.44. The van der Waals surface area contributed by atoms with Crippen LogP contribution >= 0.6 is 0 Å². The lowest BCUT2D eigenvalue weighted by Gasteiger charge is -2.25. The average Bonchev–Trinajstić information content (AvgIpc) is 2.71. The molecule has 0 bridgehead atoms. The number of nitrogens with one attached hydrogen (secondary N) is 2. The third-order valence-electron chi connectivity index (χ3n) is 3.78. The van der Waals surface area contributed by atoms with Crippen LogP contribution in [0.4, 0.5) is 8.78 Å². The van der Waals surface area contributed by atoms with Crippen molar-refractivity contribution in [2.45, 2.75) is 16.8 Å². The molecule has 1 aliphatic heterocycles. The van der Waals surface area contributed by atoms with Crippen LogP contribution in [0.25, 0.3) is 0 Å². The number of hydrogen-bond acceptors (Lipinski definition) is 6. The molecule has 0 aromatic heterocycles. The fourth-order valence-electron chi connectivity index (χ4n) is 2.32. The molecule has 2 N–H and O–H groups in total. The first-order valence-electron chi connectivity index (χ1n) is 7.90. The molecule has 0 saturated carbocycles. The van der Waals surface area contributed by atoms with Crippen molar-refractivity contribution in [2.75, 3.05) is 6.61 Å². The minimum Gasteiger partial charge on any atom is -0.485 e. The van der Waals surface area contributed by atoms with Gasteiger partial charge in [0.25, 0.3) is 11.8 Å². The number of rotatable bonds is 4. The van der Waals surface area contributed by atoms with Crippen LogP contribution in [0.1, 0.15) is 10.4 Å². The molecule has 28 heavy (non-hydrogen) atoms. The number of carbonyl (C=O) groups excluding carboxylic acids is 2. The van der Waals surface area contributed by atoms with E-state index in [1.165, 1.54) is 0 Å². The number of halogens is 2. The smallest absolute Gasteiger partial charge is 0.341 e. The molecule has 0 fully saturated rings. The molecular formula is C17H14F2N2O6S. The molecule has 1 aliphatic rings. The van der Waals surface area contributed by atoms with E-state index in [9.17, 15) is 26.8 Å². The first-order chi connectivity index (χ1) is 13.3. The normalized spacial score (nSPS) is 15.8. The van der Waals surface area contributed by atoms with E-state index in [1.807, 2.05) is 0 Å². The van der Waals surface area contributed by atoms with Crippen molar-refractivity contribution in [1.29, 1.82) is 0 Å². The highest BCUT2D eigenvalue weighted by molar-refractivity contribution is 7.91. The summed E-state index contributed by atoms with van der Waals surface area (Å²) in [6.07, 6.45) is -0.992. The predicted molar refractivity (Wildman–Crippen MR) is 91.6 cm³/mol. The van der Waals surface area contributed by atoms with Gasteiger partial charge >= 0.3 is 5.76 Å². The molecule has 0 unspecified atom stereocenters. The molecule has 11 heteroatoms. The van der Waals surface area contributed by atoms with E-state index >= 15 is 0 Å². The Morgan fingerprint density at radius 1 is 1.00 bits per heavy atom. The van der Waals surface area contributed by atoms with Gasteiger partial charge in [-0.2, -0.15) is 8.78 Å². The highest BCUT2D eigenvalue weighted by Gasteiger charge is 2.28. The summed E-state index contributed by atoms with van der Waals surface area (Å²) < 4.78 is 58.6. The Labute approximate surface area is 158 Å². The number of hydrogen-bond donors (Lipinski definition) is 2. The zero-order chi connectivity index (χ0) is 20.3.